The van der Waals surface area contributed by atoms with Gasteiger partial charge in [0.05, 0.1) is 30.7 Å². The van der Waals surface area contributed by atoms with Gasteiger partial charge in [-0.2, -0.15) is 0 Å². The molecule has 1 unspecified atom stereocenters. The number of rotatable bonds is 10. The molecule has 1 amide bonds. The SMILES string of the molecule is CCOC(=O)CCCNC(=O)CSc1nc(C)c(C)n1CC1CCCO1. The Morgan fingerprint density at radius 3 is 2.92 bits per heavy atom. The summed E-state index contributed by atoms with van der Waals surface area (Å²) >= 11 is 1.44. The van der Waals surface area contributed by atoms with Gasteiger partial charge in [0.2, 0.25) is 5.91 Å². The lowest BCUT2D eigenvalue weighted by Gasteiger charge is -2.14. The van der Waals surface area contributed by atoms with Gasteiger partial charge in [0.1, 0.15) is 0 Å². The van der Waals surface area contributed by atoms with E-state index < -0.39 is 0 Å². The first kappa shape index (κ1) is 20.8. The minimum Gasteiger partial charge on any atom is -0.466 e. The molecule has 1 aromatic heterocycles. The Balaban J connectivity index is 1.76. The Bertz CT molecular complexity index is 612. The molecule has 0 radical (unpaired) electrons. The standard InChI is InChI=1S/C18H29N3O4S/c1-4-24-17(23)8-5-9-19-16(22)12-26-18-20-13(2)14(3)21(18)11-15-7-6-10-25-15/h15H,4-12H2,1-3H3,(H,19,22). The highest BCUT2D eigenvalue weighted by atomic mass is 32.2. The van der Waals surface area contributed by atoms with Crippen molar-refractivity contribution in [2.75, 3.05) is 25.5 Å². The number of thioether (sulfide) groups is 1. The van der Waals surface area contributed by atoms with E-state index in [-0.39, 0.29) is 18.0 Å². The number of hydrogen-bond acceptors (Lipinski definition) is 6. The topological polar surface area (TPSA) is 82.5 Å². The van der Waals surface area contributed by atoms with E-state index in [9.17, 15) is 9.59 Å². The molecule has 0 spiro atoms. The second-order valence-corrected chi connectivity index (χ2v) is 7.30. The number of hydrogen-bond donors (Lipinski definition) is 1. The fraction of sp³-hybridized carbons (Fsp3) is 0.722. The van der Waals surface area contributed by atoms with E-state index in [0.29, 0.717) is 31.7 Å². The molecule has 1 atom stereocenters. The van der Waals surface area contributed by atoms with E-state index in [0.717, 1.165) is 42.5 Å². The normalized spacial score (nSPS) is 16.7. The average molecular weight is 384 g/mol. The van der Waals surface area contributed by atoms with Crippen LogP contribution >= 0.6 is 11.8 Å². The molecule has 1 N–H and O–H groups in total. The Labute approximate surface area is 159 Å². The zero-order chi connectivity index (χ0) is 18.9. The third-order valence-corrected chi connectivity index (χ3v) is 5.33. The molecular formula is C18H29N3O4S. The average Bonchev–Trinajstić information content (AvgIpc) is 3.21. The maximum atomic E-state index is 12.0. The third kappa shape index (κ3) is 6.32. The number of aromatic nitrogens is 2. The molecule has 2 heterocycles. The number of carbonyl (C=O) groups excluding carboxylic acids is 2. The lowest BCUT2D eigenvalue weighted by molar-refractivity contribution is -0.143. The number of ether oxygens (including phenoxy) is 2. The van der Waals surface area contributed by atoms with Crippen molar-refractivity contribution in [3.63, 3.8) is 0 Å². The van der Waals surface area contributed by atoms with Gasteiger partial charge in [-0.1, -0.05) is 11.8 Å². The predicted octanol–water partition coefficient (Wildman–Crippen LogP) is 2.23. The summed E-state index contributed by atoms with van der Waals surface area (Å²) in [5.74, 6) is 0.0277. The van der Waals surface area contributed by atoms with Gasteiger partial charge in [0.25, 0.3) is 0 Å². The monoisotopic (exact) mass is 383 g/mol. The molecule has 1 aliphatic heterocycles. The third-order valence-electron chi connectivity index (χ3n) is 4.35. The van der Waals surface area contributed by atoms with Gasteiger partial charge in [0, 0.05) is 25.3 Å². The van der Waals surface area contributed by atoms with Crippen molar-refractivity contribution in [3.05, 3.63) is 11.4 Å². The van der Waals surface area contributed by atoms with Crippen LogP contribution in [0.15, 0.2) is 5.16 Å². The molecule has 26 heavy (non-hydrogen) atoms. The van der Waals surface area contributed by atoms with Crippen molar-refractivity contribution >= 4 is 23.6 Å². The number of aryl methyl sites for hydroxylation is 1. The summed E-state index contributed by atoms with van der Waals surface area (Å²) in [5.41, 5.74) is 2.11. The largest absolute Gasteiger partial charge is 0.466 e. The van der Waals surface area contributed by atoms with Crippen LogP contribution in [0.4, 0.5) is 0 Å². The summed E-state index contributed by atoms with van der Waals surface area (Å²) in [5, 5.41) is 3.69. The molecule has 7 nitrogen and oxygen atoms in total. The molecule has 0 bridgehead atoms. The highest BCUT2D eigenvalue weighted by Gasteiger charge is 2.20. The quantitative estimate of drug-likeness (QED) is 0.379. The molecule has 0 saturated carbocycles. The number of carbonyl (C=O) groups is 2. The first-order chi connectivity index (χ1) is 12.5. The van der Waals surface area contributed by atoms with Crippen molar-refractivity contribution in [1.29, 1.82) is 0 Å². The van der Waals surface area contributed by atoms with Crippen molar-refractivity contribution in [2.45, 2.75) is 64.3 Å². The zero-order valence-electron chi connectivity index (χ0n) is 15.9. The van der Waals surface area contributed by atoms with Crippen LogP contribution in [0.2, 0.25) is 0 Å². The van der Waals surface area contributed by atoms with E-state index in [1.807, 2.05) is 6.92 Å². The molecule has 1 fully saturated rings. The molecular weight excluding hydrogens is 354 g/mol. The summed E-state index contributed by atoms with van der Waals surface area (Å²) in [6.45, 7) is 8.30. The van der Waals surface area contributed by atoms with E-state index in [1.165, 1.54) is 11.8 Å². The number of nitrogens with zero attached hydrogens (tertiary/aromatic N) is 2. The lowest BCUT2D eigenvalue weighted by Crippen LogP contribution is -2.27. The van der Waals surface area contributed by atoms with Crippen molar-refractivity contribution < 1.29 is 19.1 Å². The van der Waals surface area contributed by atoms with E-state index in [1.54, 1.807) is 6.92 Å². The van der Waals surface area contributed by atoms with Crippen LogP contribution in [0.25, 0.3) is 0 Å². The van der Waals surface area contributed by atoms with Gasteiger partial charge in [-0.05, 0) is 40.0 Å². The fourth-order valence-electron chi connectivity index (χ4n) is 2.82. The van der Waals surface area contributed by atoms with Crippen LogP contribution in [-0.2, 0) is 25.6 Å². The maximum absolute atomic E-state index is 12.0. The van der Waals surface area contributed by atoms with Gasteiger partial charge < -0.3 is 19.4 Å². The van der Waals surface area contributed by atoms with Crippen LogP contribution in [-0.4, -0.2) is 53.0 Å². The van der Waals surface area contributed by atoms with Gasteiger partial charge in [-0.3, -0.25) is 9.59 Å². The van der Waals surface area contributed by atoms with E-state index in [2.05, 4.69) is 21.8 Å². The smallest absolute Gasteiger partial charge is 0.305 e. The van der Waals surface area contributed by atoms with Crippen LogP contribution in [0, 0.1) is 13.8 Å². The zero-order valence-corrected chi connectivity index (χ0v) is 16.7. The molecule has 1 aliphatic rings. The Kier molecular flexibility index (Phi) is 8.44. The molecule has 0 aromatic carbocycles. The van der Waals surface area contributed by atoms with E-state index in [4.69, 9.17) is 9.47 Å². The summed E-state index contributed by atoms with van der Waals surface area (Å²) in [4.78, 5) is 27.9. The molecule has 0 aliphatic carbocycles. The van der Waals surface area contributed by atoms with Gasteiger partial charge in [-0.25, -0.2) is 4.98 Å². The van der Waals surface area contributed by atoms with Gasteiger partial charge >= 0.3 is 5.97 Å². The Hall–Kier alpha value is -1.54. The second-order valence-electron chi connectivity index (χ2n) is 6.36. The predicted molar refractivity (Wildman–Crippen MR) is 100 cm³/mol. The van der Waals surface area contributed by atoms with Crippen LogP contribution in [0.1, 0.15) is 44.0 Å². The number of imidazole rings is 1. The highest BCUT2D eigenvalue weighted by molar-refractivity contribution is 7.99. The minimum atomic E-state index is -0.224. The van der Waals surface area contributed by atoms with Crippen LogP contribution in [0.5, 0.6) is 0 Å². The Morgan fingerprint density at radius 1 is 1.42 bits per heavy atom. The lowest BCUT2D eigenvalue weighted by atomic mass is 10.2. The highest BCUT2D eigenvalue weighted by Crippen LogP contribution is 2.24. The summed E-state index contributed by atoms with van der Waals surface area (Å²) in [6.07, 6.45) is 3.32. The summed E-state index contributed by atoms with van der Waals surface area (Å²) < 4.78 is 12.7. The Morgan fingerprint density at radius 2 is 2.23 bits per heavy atom. The first-order valence-corrected chi connectivity index (χ1v) is 10.2. The van der Waals surface area contributed by atoms with Crippen molar-refractivity contribution in [2.24, 2.45) is 0 Å². The summed E-state index contributed by atoms with van der Waals surface area (Å²) in [7, 11) is 0. The summed E-state index contributed by atoms with van der Waals surface area (Å²) in [6, 6.07) is 0. The van der Waals surface area contributed by atoms with Crippen molar-refractivity contribution in [1.82, 2.24) is 14.9 Å². The first-order valence-electron chi connectivity index (χ1n) is 9.21. The van der Waals surface area contributed by atoms with E-state index >= 15 is 0 Å². The molecule has 8 heteroatoms. The second kappa shape index (κ2) is 10.6. The minimum absolute atomic E-state index is 0.0548. The molecule has 1 aromatic rings. The number of nitrogens with one attached hydrogen (secondary N) is 1. The molecule has 2 rings (SSSR count). The molecule has 1 saturated heterocycles. The fourth-order valence-corrected chi connectivity index (χ4v) is 3.75. The van der Waals surface area contributed by atoms with Gasteiger partial charge in [0.15, 0.2) is 5.16 Å². The number of amides is 1. The van der Waals surface area contributed by atoms with Gasteiger partial charge in [-0.15, -0.1) is 0 Å². The van der Waals surface area contributed by atoms with Crippen LogP contribution in [0.3, 0.4) is 0 Å². The number of esters is 1. The molecule has 146 valence electrons. The van der Waals surface area contributed by atoms with Crippen LogP contribution < -0.4 is 5.32 Å². The maximum Gasteiger partial charge on any atom is 0.305 e. The van der Waals surface area contributed by atoms with Crippen molar-refractivity contribution in [3.8, 4) is 0 Å².